The standard InChI is InChI=1S/C31H37NO6/c1-29(2,16-25(35)38-18-30-12-19-10-21-11-22(14-30)31(21,13-19)17-30)15-24(34)26-23(33)8-9-32(28(26)37)27(36)20-6-4-3-5-7-20/h3-7,19,21-22,34H,8-18H2,1-2H3/b26-24-. The molecule has 202 valence electrons. The van der Waals surface area contributed by atoms with Gasteiger partial charge in [-0.2, -0.15) is 0 Å². The number of ketones is 1. The molecular weight excluding hydrogens is 482 g/mol. The van der Waals surface area contributed by atoms with Crippen molar-refractivity contribution in [2.24, 2.45) is 34.0 Å². The van der Waals surface area contributed by atoms with Crippen LogP contribution in [0.4, 0.5) is 0 Å². The van der Waals surface area contributed by atoms with Crippen molar-refractivity contribution in [3.63, 3.8) is 0 Å². The highest BCUT2D eigenvalue weighted by Gasteiger charge is 2.70. The molecule has 0 aromatic heterocycles. The summed E-state index contributed by atoms with van der Waals surface area (Å²) in [6.45, 7) is 4.08. The Hall–Kier alpha value is -2.96. The molecule has 3 bridgehead atoms. The SMILES string of the molecule is CC(C)(CC(=O)OCC12CC3CC4CC(C1)C4(C3)C2)C/C(O)=C1\C(=O)CCN(C(=O)c2ccccc2)C1=O. The maximum atomic E-state index is 13.1. The van der Waals surface area contributed by atoms with E-state index in [0.29, 0.717) is 17.6 Å². The molecule has 7 nitrogen and oxygen atoms in total. The molecule has 1 aromatic carbocycles. The first-order chi connectivity index (χ1) is 18.0. The van der Waals surface area contributed by atoms with E-state index in [0.717, 1.165) is 22.7 Å². The lowest BCUT2D eigenvalue weighted by molar-refractivity contribution is -0.150. The minimum Gasteiger partial charge on any atom is -0.511 e. The zero-order chi connectivity index (χ0) is 26.9. The van der Waals surface area contributed by atoms with Crippen LogP contribution >= 0.6 is 0 Å². The van der Waals surface area contributed by atoms with E-state index < -0.39 is 23.0 Å². The van der Waals surface area contributed by atoms with Crippen LogP contribution in [0.5, 0.6) is 0 Å². The fraction of sp³-hybridized carbons (Fsp3) is 0.613. The first-order valence-electron chi connectivity index (χ1n) is 14.0. The number of likely N-dealkylation sites (tertiary alicyclic amines) is 1. The van der Waals surface area contributed by atoms with Crippen molar-refractivity contribution < 1.29 is 29.0 Å². The van der Waals surface area contributed by atoms with Crippen LogP contribution in [0.25, 0.3) is 0 Å². The van der Waals surface area contributed by atoms with E-state index in [-0.39, 0.29) is 48.5 Å². The topological polar surface area (TPSA) is 101 Å². The van der Waals surface area contributed by atoms with E-state index in [1.54, 1.807) is 30.3 Å². The van der Waals surface area contributed by atoms with Gasteiger partial charge < -0.3 is 9.84 Å². The van der Waals surface area contributed by atoms with E-state index in [4.69, 9.17) is 4.74 Å². The molecule has 1 aromatic rings. The number of ether oxygens (including phenoxy) is 1. The Morgan fingerprint density at radius 3 is 2.58 bits per heavy atom. The molecule has 5 atom stereocenters. The minimum absolute atomic E-state index is 0.0244. The third-order valence-electron chi connectivity index (χ3n) is 10.2. The second kappa shape index (κ2) is 8.78. The van der Waals surface area contributed by atoms with Crippen LogP contribution in [0.1, 0.15) is 82.0 Å². The van der Waals surface area contributed by atoms with Crippen molar-refractivity contribution >= 4 is 23.6 Å². The number of esters is 1. The van der Waals surface area contributed by atoms with Gasteiger partial charge in [-0.05, 0) is 79.2 Å². The summed E-state index contributed by atoms with van der Waals surface area (Å²) in [5.74, 6) is 0.0538. The Labute approximate surface area is 223 Å². The molecule has 5 unspecified atom stereocenters. The molecule has 1 saturated heterocycles. The summed E-state index contributed by atoms with van der Waals surface area (Å²) in [5, 5.41) is 10.9. The number of allylic oxidation sites excluding steroid dienone is 1. The van der Waals surface area contributed by atoms with E-state index in [9.17, 15) is 24.3 Å². The molecular formula is C31H37NO6. The Kier molecular flexibility index (Phi) is 5.85. The van der Waals surface area contributed by atoms with Crippen molar-refractivity contribution in [2.45, 2.75) is 71.6 Å². The predicted octanol–water partition coefficient (Wildman–Crippen LogP) is 5.01. The number of aliphatic hydroxyl groups is 1. The number of rotatable bonds is 7. The molecule has 4 aliphatic carbocycles. The van der Waals surface area contributed by atoms with Gasteiger partial charge in [0.2, 0.25) is 0 Å². The summed E-state index contributed by atoms with van der Waals surface area (Å²) in [5.41, 5.74) is -0.0658. The Balaban J connectivity index is 1.09. The van der Waals surface area contributed by atoms with Crippen LogP contribution in [0.15, 0.2) is 41.7 Å². The summed E-state index contributed by atoms with van der Waals surface area (Å²) < 4.78 is 5.87. The molecule has 0 radical (unpaired) electrons. The average Bonchev–Trinajstić information content (AvgIpc) is 3.17. The van der Waals surface area contributed by atoms with Gasteiger partial charge in [0.25, 0.3) is 11.8 Å². The number of imide groups is 1. The minimum atomic E-state index is -0.787. The van der Waals surface area contributed by atoms with Crippen LogP contribution in [-0.4, -0.2) is 46.7 Å². The van der Waals surface area contributed by atoms with Crippen molar-refractivity contribution in [1.82, 2.24) is 4.90 Å². The number of carbonyl (C=O) groups is 4. The molecule has 38 heavy (non-hydrogen) atoms. The number of Topliss-reactive ketones (excluding diaryl/α,β-unsaturated/α-hetero) is 1. The molecule has 2 amide bonds. The second-order valence-electron chi connectivity index (χ2n) is 13.6. The lowest BCUT2D eigenvalue weighted by atomic mass is 9.55. The molecule has 1 spiro atoms. The number of amides is 2. The summed E-state index contributed by atoms with van der Waals surface area (Å²) in [6, 6.07) is 8.39. The number of aliphatic hydroxyl groups excluding tert-OH is 1. The van der Waals surface area contributed by atoms with Crippen LogP contribution in [0.3, 0.4) is 0 Å². The largest absolute Gasteiger partial charge is 0.511 e. The molecule has 4 saturated carbocycles. The highest BCUT2D eigenvalue weighted by molar-refractivity contribution is 6.25. The monoisotopic (exact) mass is 519 g/mol. The summed E-state index contributed by atoms with van der Waals surface area (Å²) in [6.07, 6.45) is 7.65. The number of benzene rings is 1. The predicted molar refractivity (Wildman–Crippen MR) is 139 cm³/mol. The van der Waals surface area contributed by atoms with Gasteiger partial charge in [-0.15, -0.1) is 0 Å². The third kappa shape index (κ3) is 4.09. The Morgan fingerprint density at radius 2 is 1.82 bits per heavy atom. The lowest BCUT2D eigenvalue weighted by Gasteiger charge is -2.49. The van der Waals surface area contributed by atoms with Gasteiger partial charge in [-0.1, -0.05) is 32.0 Å². The van der Waals surface area contributed by atoms with Gasteiger partial charge in [-0.3, -0.25) is 24.1 Å². The summed E-state index contributed by atoms with van der Waals surface area (Å²) in [7, 11) is 0. The first kappa shape index (κ1) is 25.3. The molecule has 1 heterocycles. The first-order valence-corrected chi connectivity index (χ1v) is 14.0. The summed E-state index contributed by atoms with van der Waals surface area (Å²) in [4.78, 5) is 52.5. The molecule has 5 fully saturated rings. The zero-order valence-corrected chi connectivity index (χ0v) is 22.3. The smallest absolute Gasteiger partial charge is 0.306 e. The zero-order valence-electron chi connectivity index (χ0n) is 22.3. The Bertz CT molecular complexity index is 1230. The number of hydrogen-bond donors (Lipinski definition) is 1. The van der Waals surface area contributed by atoms with Crippen molar-refractivity contribution in [3.8, 4) is 0 Å². The fourth-order valence-electron chi connectivity index (χ4n) is 8.89. The van der Waals surface area contributed by atoms with Gasteiger partial charge >= 0.3 is 5.97 Å². The van der Waals surface area contributed by atoms with Gasteiger partial charge in [0.1, 0.15) is 11.3 Å². The van der Waals surface area contributed by atoms with Crippen LogP contribution in [0.2, 0.25) is 0 Å². The van der Waals surface area contributed by atoms with E-state index >= 15 is 0 Å². The highest BCUT2D eigenvalue weighted by atomic mass is 16.5. The maximum absolute atomic E-state index is 13.1. The molecule has 6 rings (SSSR count). The number of nitrogens with zero attached hydrogens (tertiary/aromatic N) is 1. The molecule has 1 aliphatic heterocycles. The molecule has 7 heteroatoms. The fourth-order valence-corrected chi connectivity index (χ4v) is 8.89. The van der Waals surface area contributed by atoms with E-state index in [1.165, 1.54) is 38.5 Å². The molecule has 1 N–H and O–H groups in total. The number of carbonyl (C=O) groups excluding carboxylic acids is 4. The van der Waals surface area contributed by atoms with Crippen molar-refractivity contribution in [2.75, 3.05) is 13.2 Å². The number of fused-ring (bicyclic) bond motifs is 2. The van der Waals surface area contributed by atoms with Crippen LogP contribution in [0, 0.1) is 34.0 Å². The molecule has 5 aliphatic rings. The normalized spacial score (nSPS) is 34.7. The van der Waals surface area contributed by atoms with Crippen molar-refractivity contribution in [3.05, 3.63) is 47.2 Å². The van der Waals surface area contributed by atoms with Crippen LogP contribution in [-0.2, 0) is 19.1 Å². The lowest BCUT2D eigenvalue weighted by Crippen LogP contribution is -2.45. The van der Waals surface area contributed by atoms with E-state index in [2.05, 4.69) is 0 Å². The van der Waals surface area contributed by atoms with Crippen LogP contribution < -0.4 is 0 Å². The average molecular weight is 520 g/mol. The van der Waals surface area contributed by atoms with Gasteiger partial charge in [0, 0.05) is 30.4 Å². The van der Waals surface area contributed by atoms with E-state index in [1.807, 2.05) is 13.8 Å². The Morgan fingerprint density at radius 1 is 1.05 bits per heavy atom. The highest BCUT2D eigenvalue weighted by Crippen LogP contribution is 2.78. The number of piperidine rings is 1. The second-order valence-corrected chi connectivity index (χ2v) is 13.6. The maximum Gasteiger partial charge on any atom is 0.306 e. The van der Waals surface area contributed by atoms with Gasteiger partial charge in [-0.25, -0.2) is 0 Å². The number of hydrogen-bond acceptors (Lipinski definition) is 6. The van der Waals surface area contributed by atoms with Gasteiger partial charge in [0.15, 0.2) is 5.78 Å². The summed E-state index contributed by atoms with van der Waals surface area (Å²) >= 11 is 0. The van der Waals surface area contributed by atoms with Gasteiger partial charge in [0.05, 0.1) is 13.0 Å². The quantitative estimate of drug-likeness (QED) is 0.179. The third-order valence-corrected chi connectivity index (χ3v) is 10.2. The van der Waals surface area contributed by atoms with Crippen molar-refractivity contribution in [1.29, 1.82) is 0 Å².